The molecule has 0 aliphatic heterocycles. The second-order valence-corrected chi connectivity index (χ2v) is 8.64. The van der Waals surface area contributed by atoms with E-state index in [-0.39, 0.29) is 0 Å². The summed E-state index contributed by atoms with van der Waals surface area (Å²) < 4.78 is 11.1. The van der Waals surface area contributed by atoms with Gasteiger partial charge in [-0.3, -0.25) is 0 Å². The van der Waals surface area contributed by atoms with Crippen molar-refractivity contribution in [3.63, 3.8) is 0 Å². The van der Waals surface area contributed by atoms with Crippen LogP contribution in [0, 0.1) is 0 Å². The average Bonchev–Trinajstić information content (AvgIpc) is 2.83. The van der Waals surface area contributed by atoms with Gasteiger partial charge in [0.25, 0.3) is 0 Å². The highest BCUT2D eigenvalue weighted by Gasteiger charge is 2.17. The van der Waals surface area contributed by atoms with Crippen molar-refractivity contribution in [1.82, 2.24) is 0 Å². The Morgan fingerprint density at radius 3 is 1.44 bits per heavy atom. The van der Waals surface area contributed by atoms with E-state index in [9.17, 15) is 9.59 Å². The quantitative estimate of drug-likeness (QED) is 0.386. The van der Waals surface area contributed by atoms with E-state index in [0.717, 1.165) is 38.5 Å². The number of carbonyl (C=O) groups excluding carboxylic acids is 2. The molecule has 0 heterocycles. The molecule has 32 heavy (non-hydrogen) atoms. The van der Waals surface area contributed by atoms with Crippen molar-refractivity contribution in [1.29, 1.82) is 0 Å². The summed E-state index contributed by atoms with van der Waals surface area (Å²) in [5.74, 6) is -0.111. The molecule has 0 fully saturated rings. The van der Waals surface area contributed by atoms with Crippen molar-refractivity contribution in [2.24, 2.45) is 0 Å². The number of fused-ring (bicyclic) bond motifs is 2. The fraction of sp³-hybridized carbons (Fsp3) is 0.286. The first kappa shape index (κ1) is 20.5. The molecule has 0 aromatic heterocycles. The molecular formula is C28H26O4. The third kappa shape index (κ3) is 4.45. The highest BCUT2D eigenvalue weighted by atomic mass is 16.5. The minimum absolute atomic E-state index is 0.350. The normalized spacial score (nSPS) is 14.8. The Balaban J connectivity index is 1.27. The first-order valence-corrected chi connectivity index (χ1v) is 11.4. The van der Waals surface area contributed by atoms with Crippen LogP contribution in [0.25, 0.3) is 0 Å². The Kier molecular flexibility index (Phi) is 5.76. The number of carbonyl (C=O) groups is 2. The van der Waals surface area contributed by atoms with E-state index in [1.54, 1.807) is 24.3 Å². The van der Waals surface area contributed by atoms with Crippen LogP contribution in [0.3, 0.4) is 0 Å². The summed E-state index contributed by atoms with van der Waals surface area (Å²) in [6.07, 6.45) is 8.87. The molecule has 3 aromatic rings. The zero-order valence-electron chi connectivity index (χ0n) is 18.1. The van der Waals surface area contributed by atoms with Gasteiger partial charge in [-0.15, -0.1) is 0 Å². The molecule has 0 amide bonds. The van der Waals surface area contributed by atoms with Gasteiger partial charge in [0, 0.05) is 6.07 Å². The molecule has 162 valence electrons. The summed E-state index contributed by atoms with van der Waals surface area (Å²) in [6, 6.07) is 18.3. The molecule has 5 rings (SSSR count). The molecule has 0 saturated heterocycles. The molecule has 0 spiro atoms. The Labute approximate surface area is 188 Å². The molecule has 0 radical (unpaired) electrons. The molecule has 4 nitrogen and oxygen atoms in total. The topological polar surface area (TPSA) is 52.6 Å². The van der Waals surface area contributed by atoms with Gasteiger partial charge in [-0.1, -0.05) is 18.2 Å². The fourth-order valence-electron chi connectivity index (χ4n) is 4.65. The third-order valence-corrected chi connectivity index (χ3v) is 6.39. The van der Waals surface area contributed by atoms with Gasteiger partial charge in [0.2, 0.25) is 0 Å². The van der Waals surface area contributed by atoms with Gasteiger partial charge in [0.1, 0.15) is 11.5 Å². The van der Waals surface area contributed by atoms with Gasteiger partial charge in [0.15, 0.2) is 0 Å². The van der Waals surface area contributed by atoms with Crippen LogP contribution < -0.4 is 9.47 Å². The van der Waals surface area contributed by atoms with Crippen LogP contribution in [-0.4, -0.2) is 11.9 Å². The zero-order chi connectivity index (χ0) is 21.9. The van der Waals surface area contributed by atoms with Gasteiger partial charge in [-0.2, -0.15) is 0 Å². The molecule has 2 aliphatic carbocycles. The number of benzene rings is 3. The summed E-state index contributed by atoms with van der Waals surface area (Å²) in [5.41, 5.74) is 6.20. The van der Waals surface area contributed by atoms with E-state index in [0.29, 0.717) is 22.6 Å². The SMILES string of the molecule is O=C(Oc1cccc(OC(=O)c2ccc3c(c2)CCCC3)c1)c1ccc2c(c1)CCCC2. The van der Waals surface area contributed by atoms with E-state index < -0.39 is 11.9 Å². The van der Waals surface area contributed by atoms with Gasteiger partial charge >= 0.3 is 11.9 Å². The average molecular weight is 427 g/mol. The highest BCUT2D eigenvalue weighted by molar-refractivity contribution is 5.92. The lowest BCUT2D eigenvalue weighted by Gasteiger charge is -2.16. The summed E-state index contributed by atoms with van der Waals surface area (Å²) in [5, 5.41) is 0. The van der Waals surface area contributed by atoms with Gasteiger partial charge in [0.05, 0.1) is 11.1 Å². The van der Waals surface area contributed by atoms with E-state index in [1.165, 1.54) is 35.1 Å². The van der Waals surface area contributed by atoms with Gasteiger partial charge in [-0.05, 0) is 110 Å². The number of hydrogen-bond acceptors (Lipinski definition) is 4. The third-order valence-electron chi connectivity index (χ3n) is 6.39. The molecular weight excluding hydrogens is 400 g/mol. The van der Waals surface area contributed by atoms with Crippen molar-refractivity contribution in [3.8, 4) is 11.5 Å². The Hall–Kier alpha value is -3.40. The number of ether oxygens (including phenoxy) is 2. The van der Waals surface area contributed by atoms with E-state index >= 15 is 0 Å². The van der Waals surface area contributed by atoms with Crippen LogP contribution in [0.15, 0.2) is 60.7 Å². The molecule has 0 N–H and O–H groups in total. The van der Waals surface area contributed by atoms with Crippen LogP contribution in [0.5, 0.6) is 11.5 Å². The molecule has 4 heteroatoms. The first-order chi connectivity index (χ1) is 15.7. The summed E-state index contributed by atoms with van der Waals surface area (Å²) >= 11 is 0. The maximum absolute atomic E-state index is 12.7. The molecule has 0 atom stereocenters. The van der Waals surface area contributed by atoms with Crippen LogP contribution in [0.4, 0.5) is 0 Å². The van der Waals surface area contributed by atoms with Crippen molar-refractivity contribution in [2.45, 2.75) is 51.4 Å². The van der Waals surface area contributed by atoms with Crippen LogP contribution >= 0.6 is 0 Å². The standard InChI is InChI=1S/C28H26O4/c29-27(23-14-12-19-6-1-3-8-21(19)16-23)31-25-10-5-11-26(18-25)32-28(30)24-15-13-20-7-2-4-9-22(20)17-24/h5,10-18H,1-4,6-9H2. The minimum atomic E-state index is -0.406. The Morgan fingerprint density at radius 2 is 0.969 bits per heavy atom. The highest BCUT2D eigenvalue weighted by Crippen LogP contribution is 2.26. The lowest BCUT2D eigenvalue weighted by atomic mass is 9.90. The van der Waals surface area contributed by atoms with Gasteiger partial charge in [-0.25, -0.2) is 9.59 Å². The molecule has 0 unspecified atom stereocenters. The number of rotatable bonds is 4. The largest absolute Gasteiger partial charge is 0.423 e. The van der Waals surface area contributed by atoms with Crippen LogP contribution in [-0.2, 0) is 25.7 Å². The van der Waals surface area contributed by atoms with Crippen molar-refractivity contribution >= 4 is 11.9 Å². The number of hydrogen-bond donors (Lipinski definition) is 0. The monoisotopic (exact) mass is 426 g/mol. The van der Waals surface area contributed by atoms with Crippen molar-refractivity contribution in [2.75, 3.05) is 0 Å². The smallest absolute Gasteiger partial charge is 0.343 e. The molecule has 0 bridgehead atoms. The Bertz CT molecular complexity index is 1090. The lowest BCUT2D eigenvalue weighted by Crippen LogP contribution is -2.12. The van der Waals surface area contributed by atoms with Crippen LogP contribution in [0.2, 0.25) is 0 Å². The van der Waals surface area contributed by atoms with E-state index in [2.05, 4.69) is 0 Å². The van der Waals surface area contributed by atoms with E-state index in [4.69, 9.17) is 9.47 Å². The van der Waals surface area contributed by atoms with Gasteiger partial charge < -0.3 is 9.47 Å². The molecule has 0 saturated carbocycles. The molecule has 2 aliphatic rings. The first-order valence-electron chi connectivity index (χ1n) is 11.4. The summed E-state index contributed by atoms with van der Waals surface area (Å²) in [7, 11) is 0. The fourth-order valence-corrected chi connectivity index (χ4v) is 4.65. The lowest BCUT2D eigenvalue weighted by molar-refractivity contribution is 0.0732. The van der Waals surface area contributed by atoms with Crippen LogP contribution in [0.1, 0.15) is 68.7 Å². The maximum atomic E-state index is 12.7. The van der Waals surface area contributed by atoms with Crippen molar-refractivity contribution < 1.29 is 19.1 Å². The minimum Gasteiger partial charge on any atom is -0.423 e. The number of esters is 2. The second-order valence-electron chi connectivity index (χ2n) is 8.64. The molecule has 3 aromatic carbocycles. The predicted octanol–water partition coefficient (Wildman–Crippen LogP) is 5.88. The van der Waals surface area contributed by atoms with E-state index in [1.807, 2.05) is 36.4 Å². The Morgan fingerprint density at radius 1 is 0.531 bits per heavy atom. The summed E-state index contributed by atoms with van der Waals surface area (Å²) in [6.45, 7) is 0. The maximum Gasteiger partial charge on any atom is 0.343 e. The predicted molar refractivity (Wildman–Crippen MR) is 123 cm³/mol. The second kappa shape index (κ2) is 8.99. The zero-order valence-corrected chi connectivity index (χ0v) is 18.1. The number of aryl methyl sites for hydroxylation is 4. The summed E-state index contributed by atoms with van der Waals surface area (Å²) in [4.78, 5) is 25.3. The van der Waals surface area contributed by atoms with Crippen molar-refractivity contribution in [3.05, 3.63) is 94.0 Å².